The molecule has 22 heavy (non-hydrogen) atoms. The van der Waals surface area contributed by atoms with Crippen LogP contribution in [0.4, 0.5) is 0 Å². The molecule has 0 spiro atoms. The summed E-state index contributed by atoms with van der Waals surface area (Å²) in [4.78, 5) is 18.0. The third kappa shape index (κ3) is 7.62. The molecule has 1 rings (SSSR count). The first-order valence-corrected chi connectivity index (χ1v) is 7.46. The number of rotatable bonds is 4. The third-order valence-corrected chi connectivity index (χ3v) is 3.44. The number of nitrogens with zero attached hydrogens (tertiary/aromatic N) is 2. The van der Waals surface area contributed by atoms with Gasteiger partial charge in [-0.25, -0.2) is 0 Å². The monoisotopic (exact) mass is 426 g/mol. The normalized spacial score (nSPS) is 22.0. The molecule has 1 amide bonds. The summed E-state index contributed by atoms with van der Waals surface area (Å²) < 4.78 is 5.45. The molecule has 1 aliphatic rings. The van der Waals surface area contributed by atoms with Gasteiger partial charge in [-0.15, -0.1) is 24.0 Å². The molecule has 0 aromatic heterocycles. The van der Waals surface area contributed by atoms with E-state index >= 15 is 0 Å². The van der Waals surface area contributed by atoms with Gasteiger partial charge >= 0.3 is 0 Å². The van der Waals surface area contributed by atoms with Crippen molar-refractivity contribution in [3.8, 4) is 0 Å². The summed E-state index contributed by atoms with van der Waals surface area (Å²) in [6, 6.07) is 0. The number of aliphatic imine (C=N–C) groups is 1. The smallest absolute Gasteiger partial charge is 0.240 e. The summed E-state index contributed by atoms with van der Waals surface area (Å²) in [7, 11) is 3.60. The van der Waals surface area contributed by atoms with Crippen LogP contribution >= 0.6 is 24.0 Å². The zero-order valence-corrected chi connectivity index (χ0v) is 17.0. The Labute approximate surface area is 151 Å². The highest BCUT2D eigenvalue weighted by Gasteiger charge is 2.30. The van der Waals surface area contributed by atoms with E-state index in [0.29, 0.717) is 0 Å². The maximum Gasteiger partial charge on any atom is 0.240 e. The predicted octanol–water partition coefficient (Wildman–Crippen LogP) is 1.45. The van der Waals surface area contributed by atoms with Crippen molar-refractivity contribution in [3.63, 3.8) is 0 Å². The lowest BCUT2D eigenvalue weighted by atomic mass is 9.90. The molecule has 2 N–H and O–H groups in total. The quantitative estimate of drug-likeness (QED) is 0.406. The molecule has 0 aromatic rings. The number of carbonyl (C=O) groups is 1. The van der Waals surface area contributed by atoms with Gasteiger partial charge in [-0.05, 0) is 27.2 Å². The Balaban J connectivity index is 0.00000441. The molecule has 1 unspecified atom stereocenters. The SMILES string of the molecule is CN=C(NCC1(C)CCOC1)N(C)CC(=O)NC(C)(C)C.I. The second-order valence-corrected chi connectivity index (χ2v) is 7.17. The number of hydrogen-bond donors (Lipinski definition) is 2. The number of guanidine groups is 1. The summed E-state index contributed by atoms with van der Waals surface area (Å²) in [5.74, 6) is 0.718. The largest absolute Gasteiger partial charge is 0.381 e. The van der Waals surface area contributed by atoms with Crippen LogP contribution in [0, 0.1) is 5.41 Å². The van der Waals surface area contributed by atoms with Crippen LogP contribution < -0.4 is 10.6 Å². The molecule has 130 valence electrons. The Morgan fingerprint density at radius 3 is 2.50 bits per heavy atom. The number of ether oxygens (including phenoxy) is 1. The number of hydrogen-bond acceptors (Lipinski definition) is 3. The molecule has 1 heterocycles. The molecule has 0 radical (unpaired) electrons. The standard InChI is InChI=1S/C15H30N4O2.HI/c1-14(2,3)18-12(20)9-19(6)13(16-5)17-10-15(4)7-8-21-11-15;/h7-11H2,1-6H3,(H,16,17)(H,18,20);1H. The van der Waals surface area contributed by atoms with Crippen LogP contribution in [0.15, 0.2) is 4.99 Å². The second-order valence-electron chi connectivity index (χ2n) is 7.17. The molecule has 0 saturated carbocycles. The van der Waals surface area contributed by atoms with Gasteiger partial charge in [0.05, 0.1) is 13.2 Å². The molecule has 0 aromatic carbocycles. The van der Waals surface area contributed by atoms with Gasteiger partial charge in [-0.1, -0.05) is 6.92 Å². The van der Waals surface area contributed by atoms with E-state index in [-0.39, 0.29) is 47.4 Å². The number of halogens is 1. The minimum absolute atomic E-state index is 0. The molecule has 0 bridgehead atoms. The Hall–Kier alpha value is -0.570. The van der Waals surface area contributed by atoms with Crippen LogP contribution in [-0.2, 0) is 9.53 Å². The molecule has 1 aliphatic heterocycles. The fourth-order valence-corrected chi connectivity index (χ4v) is 2.27. The van der Waals surface area contributed by atoms with E-state index in [1.54, 1.807) is 7.05 Å². The Morgan fingerprint density at radius 2 is 2.05 bits per heavy atom. The van der Waals surface area contributed by atoms with E-state index in [9.17, 15) is 4.79 Å². The highest BCUT2D eigenvalue weighted by Crippen LogP contribution is 2.26. The van der Waals surface area contributed by atoms with Gasteiger partial charge in [0.2, 0.25) is 5.91 Å². The topological polar surface area (TPSA) is 66.0 Å². The van der Waals surface area contributed by atoms with Crippen molar-refractivity contribution in [3.05, 3.63) is 0 Å². The van der Waals surface area contributed by atoms with E-state index in [1.807, 2.05) is 32.7 Å². The Morgan fingerprint density at radius 1 is 1.41 bits per heavy atom. The first-order valence-electron chi connectivity index (χ1n) is 7.46. The molecule has 1 saturated heterocycles. The van der Waals surface area contributed by atoms with E-state index in [2.05, 4.69) is 22.5 Å². The van der Waals surface area contributed by atoms with Gasteiger partial charge in [-0.3, -0.25) is 9.79 Å². The van der Waals surface area contributed by atoms with Gasteiger partial charge < -0.3 is 20.3 Å². The first kappa shape index (κ1) is 21.4. The molecular weight excluding hydrogens is 395 g/mol. The highest BCUT2D eigenvalue weighted by atomic mass is 127. The zero-order chi connectivity index (χ0) is 16.1. The first-order chi connectivity index (χ1) is 9.65. The Kier molecular flexibility index (Phi) is 8.67. The number of likely N-dealkylation sites (N-methyl/N-ethyl adjacent to an activating group) is 1. The van der Waals surface area contributed by atoms with Gasteiger partial charge in [0, 0.05) is 38.2 Å². The van der Waals surface area contributed by atoms with Crippen LogP contribution in [0.3, 0.4) is 0 Å². The summed E-state index contributed by atoms with van der Waals surface area (Å²) in [5, 5.41) is 6.29. The molecule has 7 heteroatoms. The highest BCUT2D eigenvalue weighted by molar-refractivity contribution is 14.0. The van der Waals surface area contributed by atoms with Crippen LogP contribution in [0.1, 0.15) is 34.1 Å². The van der Waals surface area contributed by atoms with Gasteiger partial charge in [-0.2, -0.15) is 0 Å². The maximum absolute atomic E-state index is 12.0. The predicted molar refractivity (Wildman–Crippen MR) is 101 cm³/mol. The van der Waals surface area contributed by atoms with Crippen LogP contribution in [0.25, 0.3) is 0 Å². The van der Waals surface area contributed by atoms with Crippen LogP contribution in [-0.4, -0.2) is 62.7 Å². The second kappa shape index (κ2) is 8.90. The molecule has 1 fully saturated rings. The minimum atomic E-state index is -0.219. The van der Waals surface area contributed by atoms with E-state index in [0.717, 1.165) is 32.1 Å². The summed E-state index contributed by atoms with van der Waals surface area (Å²) in [6.45, 7) is 10.8. The van der Waals surface area contributed by atoms with Gasteiger partial charge in [0.15, 0.2) is 5.96 Å². The van der Waals surface area contributed by atoms with Gasteiger partial charge in [0.1, 0.15) is 0 Å². The fourth-order valence-electron chi connectivity index (χ4n) is 2.27. The van der Waals surface area contributed by atoms with Crippen molar-refractivity contribution in [2.24, 2.45) is 10.4 Å². The molecular formula is C15H31IN4O2. The van der Waals surface area contributed by atoms with Crippen LogP contribution in [0.5, 0.6) is 0 Å². The average molecular weight is 426 g/mol. The molecule has 0 aliphatic carbocycles. The lowest BCUT2D eigenvalue weighted by molar-refractivity contribution is -0.122. The van der Waals surface area contributed by atoms with Gasteiger partial charge in [0.25, 0.3) is 0 Å². The number of amides is 1. The molecule has 6 nitrogen and oxygen atoms in total. The van der Waals surface area contributed by atoms with Crippen molar-refractivity contribution in [2.75, 3.05) is 40.4 Å². The summed E-state index contributed by atoms with van der Waals surface area (Å²) in [5.41, 5.74) is -0.0754. The zero-order valence-electron chi connectivity index (χ0n) is 14.7. The fraction of sp³-hybridized carbons (Fsp3) is 0.867. The lowest BCUT2D eigenvalue weighted by Gasteiger charge is -2.28. The van der Waals surface area contributed by atoms with E-state index < -0.39 is 0 Å². The third-order valence-electron chi connectivity index (χ3n) is 3.44. The lowest BCUT2D eigenvalue weighted by Crippen LogP contribution is -2.50. The molecule has 1 atom stereocenters. The maximum atomic E-state index is 12.0. The number of carbonyl (C=O) groups excluding carboxylic acids is 1. The average Bonchev–Trinajstić information content (AvgIpc) is 2.74. The van der Waals surface area contributed by atoms with Crippen molar-refractivity contribution in [2.45, 2.75) is 39.7 Å². The van der Waals surface area contributed by atoms with Crippen molar-refractivity contribution >= 4 is 35.8 Å². The number of nitrogens with one attached hydrogen (secondary N) is 2. The minimum Gasteiger partial charge on any atom is -0.381 e. The summed E-state index contributed by atoms with van der Waals surface area (Å²) >= 11 is 0. The summed E-state index contributed by atoms with van der Waals surface area (Å²) in [6.07, 6.45) is 1.05. The van der Waals surface area contributed by atoms with E-state index in [1.165, 1.54) is 0 Å². The van der Waals surface area contributed by atoms with Crippen molar-refractivity contribution in [1.29, 1.82) is 0 Å². The van der Waals surface area contributed by atoms with Crippen molar-refractivity contribution in [1.82, 2.24) is 15.5 Å². The van der Waals surface area contributed by atoms with Crippen molar-refractivity contribution < 1.29 is 9.53 Å². The Bertz CT molecular complexity index is 387. The van der Waals surface area contributed by atoms with Crippen LogP contribution in [0.2, 0.25) is 0 Å². The van der Waals surface area contributed by atoms with E-state index in [4.69, 9.17) is 4.74 Å².